The van der Waals surface area contributed by atoms with Crippen molar-refractivity contribution in [2.24, 2.45) is 0 Å². The predicted octanol–water partition coefficient (Wildman–Crippen LogP) is 3.49. The first-order valence-electron chi connectivity index (χ1n) is 8.35. The summed E-state index contributed by atoms with van der Waals surface area (Å²) in [4.78, 5) is 25.1. The van der Waals surface area contributed by atoms with E-state index < -0.39 is 6.04 Å². The van der Waals surface area contributed by atoms with Gasteiger partial charge in [0.1, 0.15) is 11.8 Å². The summed E-state index contributed by atoms with van der Waals surface area (Å²) in [5.74, 6) is 0.955. The van der Waals surface area contributed by atoms with Gasteiger partial charge in [0.15, 0.2) is 0 Å². The zero-order valence-corrected chi connectivity index (χ0v) is 16.1. The minimum atomic E-state index is -0.599. The molecule has 0 radical (unpaired) electrons. The minimum Gasteiger partial charge on any atom is -0.497 e. The molecule has 0 unspecified atom stereocenters. The largest absolute Gasteiger partial charge is 0.497 e. The average Bonchev–Trinajstić information content (AvgIpc) is 2.65. The lowest BCUT2D eigenvalue weighted by molar-refractivity contribution is -0.118. The summed E-state index contributed by atoms with van der Waals surface area (Å²) in [6, 6.07) is 13.8. The van der Waals surface area contributed by atoms with E-state index in [4.69, 9.17) is 4.74 Å². The molecule has 0 aliphatic rings. The summed E-state index contributed by atoms with van der Waals surface area (Å²) >= 11 is 1.64. The fourth-order valence-electron chi connectivity index (χ4n) is 2.44. The number of carbonyl (C=O) groups is 2. The number of methoxy groups -OCH3 is 1. The molecule has 0 saturated heterocycles. The molecule has 2 N–H and O–H groups in total. The average molecular weight is 372 g/mol. The van der Waals surface area contributed by atoms with Gasteiger partial charge in [0.2, 0.25) is 5.91 Å². The Morgan fingerprint density at radius 1 is 1.15 bits per heavy atom. The third-order valence-electron chi connectivity index (χ3n) is 3.87. The van der Waals surface area contributed by atoms with Crippen LogP contribution in [-0.4, -0.2) is 37.0 Å². The third-order valence-corrected chi connectivity index (χ3v) is 4.51. The maximum absolute atomic E-state index is 12.6. The number of benzene rings is 2. The van der Waals surface area contributed by atoms with Gasteiger partial charge in [0.25, 0.3) is 5.91 Å². The second-order valence-corrected chi connectivity index (χ2v) is 6.88. The summed E-state index contributed by atoms with van der Waals surface area (Å²) < 4.78 is 5.10. The van der Waals surface area contributed by atoms with Gasteiger partial charge >= 0.3 is 0 Å². The molecule has 6 heteroatoms. The van der Waals surface area contributed by atoms with E-state index in [0.717, 1.165) is 17.0 Å². The third kappa shape index (κ3) is 5.81. The van der Waals surface area contributed by atoms with E-state index in [0.29, 0.717) is 17.7 Å². The van der Waals surface area contributed by atoms with Crippen LogP contribution in [0.3, 0.4) is 0 Å². The fourth-order valence-corrected chi connectivity index (χ4v) is 2.91. The highest BCUT2D eigenvalue weighted by molar-refractivity contribution is 7.98. The van der Waals surface area contributed by atoms with E-state index in [9.17, 15) is 9.59 Å². The lowest BCUT2D eigenvalue weighted by Crippen LogP contribution is -2.44. The van der Waals surface area contributed by atoms with Crippen molar-refractivity contribution in [3.8, 4) is 5.75 Å². The van der Waals surface area contributed by atoms with Crippen LogP contribution < -0.4 is 15.4 Å². The molecule has 0 heterocycles. The molecule has 2 amide bonds. The zero-order chi connectivity index (χ0) is 18.9. The molecule has 0 aliphatic heterocycles. The van der Waals surface area contributed by atoms with Crippen molar-refractivity contribution in [1.82, 2.24) is 5.32 Å². The Kier molecular flexibility index (Phi) is 7.53. The standard InChI is InChI=1S/C20H24N2O3S/c1-14-5-4-6-16(13-14)21-20(24)18(11-12-26-3)22-19(23)15-7-9-17(25-2)10-8-15/h4-10,13,18H,11-12H2,1-3H3,(H,21,24)(H,22,23)/t18-/m1/s1. The van der Waals surface area contributed by atoms with Gasteiger partial charge in [-0.1, -0.05) is 12.1 Å². The predicted molar refractivity (Wildman–Crippen MR) is 107 cm³/mol. The molecule has 0 aliphatic carbocycles. The van der Waals surface area contributed by atoms with Gasteiger partial charge in [-0.25, -0.2) is 0 Å². The van der Waals surface area contributed by atoms with Crippen LogP contribution in [0, 0.1) is 6.92 Å². The van der Waals surface area contributed by atoms with Crippen LogP contribution in [0.2, 0.25) is 0 Å². The van der Waals surface area contributed by atoms with Gasteiger partial charge in [0.05, 0.1) is 7.11 Å². The number of amides is 2. The van der Waals surface area contributed by atoms with E-state index in [1.807, 2.05) is 37.4 Å². The van der Waals surface area contributed by atoms with E-state index in [1.54, 1.807) is 43.1 Å². The second-order valence-electron chi connectivity index (χ2n) is 5.89. The summed E-state index contributed by atoms with van der Waals surface area (Å²) in [7, 11) is 1.57. The van der Waals surface area contributed by atoms with Crippen molar-refractivity contribution in [1.29, 1.82) is 0 Å². The van der Waals surface area contributed by atoms with Gasteiger partial charge in [-0.15, -0.1) is 0 Å². The Morgan fingerprint density at radius 2 is 1.88 bits per heavy atom. The molecule has 2 aromatic rings. The number of nitrogens with one attached hydrogen (secondary N) is 2. The highest BCUT2D eigenvalue weighted by atomic mass is 32.2. The topological polar surface area (TPSA) is 67.4 Å². The fraction of sp³-hybridized carbons (Fsp3) is 0.300. The number of anilines is 1. The molecule has 5 nitrogen and oxygen atoms in total. The highest BCUT2D eigenvalue weighted by Crippen LogP contribution is 2.13. The van der Waals surface area contributed by atoms with Crippen LogP contribution in [-0.2, 0) is 4.79 Å². The molecule has 0 saturated carbocycles. The quantitative estimate of drug-likeness (QED) is 0.744. The number of rotatable bonds is 8. The van der Waals surface area contributed by atoms with E-state index in [-0.39, 0.29) is 11.8 Å². The minimum absolute atomic E-state index is 0.216. The molecule has 0 bridgehead atoms. The zero-order valence-electron chi connectivity index (χ0n) is 15.2. The maximum Gasteiger partial charge on any atom is 0.251 e. The Balaban J connectivity index is 2.07. The molecule has 2 rings (SSSR count). The van der Waals surface area contributed by atoms with E-state index in [1.165, 1.54) is 0 Å². The highest BCUT2D eigenvalue weighted by Gasteiger charge is 2.21. The van der Waals surface area contributed by atoms with Crippen LogP contribution in [0.1, 0.15) is 22.3 Å². The van der Waals surface area contributed by atoms with E-state index in [2.05, 4.69) is 10.6 Å². The maximum atomic E-state index is 12.6. The number of aryl methyl sites for hydroxylation is 1. The molecule has 0 spiro atoms. The number of hydrogen-bond acceptors (Lipinski definition) is 4. The Hall–Kier alpha value is -2.47. The molecule has 0 aromatic heterocycles. The molecule has 138 valence electrons. The van der Waals surface area contributed by atoms with Crippen LogP contribution in [0.4, 0.5) is 5.69 Å². The van der Waals surface area contributed by atoms with E-state index >= 15 is 0 Å². The van der Waals surface area contributed by atoms with Gasteiger partial charge in [0, 0.05) is 11.3 Å². The summed E-state index contributed by atoms with van der Waals surface area (Å²) in [6.45, 7) is 1.96. The Bertz CT molecular complexity index is 747. The van der Waals surface area contributed by atoms with Gasteiger partial charge in [-0.3, -0.25) is 9.59 Å². The lowest BCUT2D eigenvalue weighted by atomic mass is 10.1. The van der Waals surface area contributed by atoms with Gasteiger partial charge in [-0.05, 0) is 67.3 Å². The molecule has 2 aromatic carbocycles. The Labute approximate surface area is 158 Å². The smallest absolute Gasteiger partial charge is 0.251 e. The molecule has 0 fully saturated rings. The SMILES string of the molecule is COc1ccc(C(=O)N[C@H](CCSC)C(=O)Nc2cccc(C)c2)cc1. The van der Waals surface area contributed by atoms with Crippen molar-refractivity contribution in [3.05, 3.63) is 59.7 Å². The number of ether oxygens (including phenoxy) is 1. The molecular formula is C20H24N2O3S. The second kappa shape index (κ2) is 9.87. The summed E-state index contributed by atoms with van der Waals surface area (Å²) in [5.41, 5.74) is 2.27. The van der Waals surface area contributed by atoms with Crippen molar-refractivity contribution in [2.45, 2.75) is 19.4 Å². The number of carbonyl (C=O) groups excluding carboxylic acids is 2. The van der Waals surface area contributed by atoms with Crippen LogP contribution in [0.25, 0.3) is 0 Å². The number of thioether (sulfide) groups is 1. The normalized spacial score (nSPS) is 11.5. The summed E-state index contributed by atoms with van der Waals surface area (Å²) in [6.07, 6.45) is 2.53. The molecule has 26 heavy (non-hydrogen) atoms. The molecular weight excluding hydrogens is 348 g/mol. The van der Waals surface area contributed by atoms with Gasteiger partial charge < -0.3 is 15.4 Å². The first-order valence-corrected chi connectivity index (χ1v) is 9.74. The first kappa shape index (κ1) is 19.8. The number of hydrogen-bond donors (Lipinski definition) is 2. The van der Waals surface area contributed by atoms with Gasteiger partial charge in [-0.2, -0.15) is 11.8 Å². The van der Waals surface area contributed by atoms with Crippen LogP contribution >= 0.6 is 11.8 Å². The van der Waals surface area contributed by atoms with Crippen molar-refractivity contribution in [2.75, 3.05) is 24.4 Å². The molecule has 1 atom stereocenters. The van der Waals surface area contributed by atoms with Crippen molar-refractivity contribution in [3.63, 3.8) is 0 Å². The first-order chi connectivity index (χ1) is 12.5. The lowest BCUT2D eigenvalue weighted by Gasteiger charge is -2.18. The summed E-state index contributed by atoms with van der Waals surface area (Å²) in [5, 5.41) is 5.72. The van der Waals surface area contributed by atoms with Crippen LogP contribution in [0.5, 0.6) is 5.75 Å². The van der Waals surface area contributed by atoms with Crippen molar-refractivity contribution >= 4 is 29.3 Å². The van der Waals surface area contributed by atoms with Crippen molar-refractivity contribution < 1.29 is 14.3 Å². The monoisotopic (exact) mass is 372 g/mol. The van der Waals surface area contributed by atoms with Crippen LogP contribution in [0.15, 0.2) is 48.5 Å². The Morgan fingerprint density at radius 3 is 2.50 bits per heavy atom.